The van der Waals surface area contributed by atoms with Gasteiger partial charge in [0.2, 0.25) is 0 Å². The molecule has 0 saturated carbocycles. The van der Waals surface area contributed by atoms with Crippen molar-refractivity contribution in [2.45, 2.75) is 25.9 Å². The molecule has 19 heavy (non-hydrogen) atoms. The lowest BCUT2D eigenvalue weighted by Gasteiger charge is -2.11. The maximum absolute atomic E-state index is 10.9. The summed E-state index contributed by atoms with van der Waals surface area (Å²) in [6.07, 6.45) is 0.214. The number of aliphatic hydroxyl groups excluding tert-OH is 1. The normalized spacial score (nSPS) is 12.2. The SMILES string of the molecule is COC(=O)CC(O)CNCCc1cc(Br)ccc1C. The minimum absolute atomic E-state index is 0.0272. The first-order valence-corrected chi connectivity index (χ1v) is 7.03. The highest BCUT2D eigenvalue weighted by molar-refractivity contribution is 9.10. The number of halogens is 1. The van der Waals surface area contributed by atoms with E-state index >= 15 is 0 Å². The van der Waals surface area contributed by atoms with Gasteiger partial charge in [-0.3, -0.25) is 4.79 Å². The second-order valence-corrected chi connectivity index (χ2v) is 5.37. The third-order valence-electron chi connectivity index (χ3n) is 2.89. The van der Waals surface area contributed by atoms with E-state index in [4.69, 9.17) is 0 Å². The molecule has 0 aliphatic carbocycles. The zero-order valence-corrected chi connectivity index (χ0v) is 12.9. The van der Waals surface area contributed by atoms with Gasteiger partial charge in [-0.25, -0.2) is 0 Å². The van der Waals surface area contributed by atoms with Crippen LogP contribution in [0.25, 0.3) is 0 Å². The predicted molar refractivity (Wildman–Crippen MR) is 78.1 cm³/mol. The highest BCUT2D eigenvalue weighted by Gasteiger charge is 2.10. The van der Waals surface area contributed by atoms with E-state index in [1.165, 1.54) is 18.2 Å². The zero-order chi connectivity index (χ0) is 14.3. The average molecular weight is 330 g/mol. The Morgan fingerprint density at radius 3 is 2.95 bits per heavy atom. The molecule has 1 atom stereocenters. The number of aryl methyl sites for hydroxylation is 1. The lowest BCUT2D eigenvalue weighted by molar-refractivity contribution is -0.142. The molecule has 1 aromatic rings. The molecule has 0 spiro atoms. The Bertz CT molecular complexity index is 423. The van der Waals surface area contributed by atoms with Crippen LogP contribution < -0.4 is 5.32 Å². The summed E-state index contributed by atoms with van der Waals surface area (Å²) in [5.41, 5.74) is 2.52. The summed E-state index contributed by atoms with van der Waals surface area (Å²) in [7, 11) is 1.32. The molecular weight excluding hydrogens is 310 g/mol. The number of methoxy groups -OCH3 is 1. The molecule has 0 aliphatic heterocycles. The third kappa shape index (κ3) is 6.18. The molecule has 1 aromatic carbocycles. The van der Waals surface area contributed by atoms with Gasteiger partial charge in [-0.05, 0) is 43.1 Å². The van der Waals surface area contributed by atoms with Gasteiger partial charge in [0, 0.05) is 11.0 Å². The molecule has 0 aromatic heterocycles. The summed E-state index contributed by atoms with van der Waals surface area (Å²) in [5, 5.41) is 12.7. The summed E-state index contributed by atoms with van der Waals surface area (Å²) in [4.78, 5) is 10.9. The predicted octanol–water partition coefficient (Wildman–Crippen LogP) is 1.81. The van der Waals surface area contributed by atoms with E-state index in [0.29, 0.717) is 6.54 Å². The molecule has 0 aliphatic rings. The minimum Gasteiger partial charge on any atom is -0.469 e. The van der Waals surface area contributed by atoms with Gasteiger partial charge in [0.15, 0.2) is 0 Å². The second-order valence-electron chi connectivity index (χ2n) is 4.46. The Labute approximate surface area is 122 Å². The van der Waals surface area contributed by atoms with E-state index in [1.54, 1.807) is 0 Å². The number of carbonyl (C=O) groups is 1. The van der Waals surface area contributed by atoms with E-state index in [-0.39, 0.29) is 6.42 Å². The fraction of sp³-hybridized carbons (Fsp3) is 0.500. The Morgan fingerprint density at radius 2 is 2.26 bits per heavy atom. The van der Waals surface area contributed by atoms with Crippen molar-refractivity contribution in [3.63, 3.8) is 0 Å². The molecule has 0 bridgehead atoms. The van der Waals surface area contributed by atoms with E-state index in [0.717, 1.165) is 17.4 Å². The molecule has 4 nitrogen and oxygen atoms in total. The van der Waals surface area contributed by atoms with Crippen LogP contribution in [0, 0.1) is 6.92 Å². The van der Waals surface area contributed by atoms with Gasteiger partial charge in [-0.1, -0.05) is 22.0 Å². The first kappa shape index (κ1) is 16.1. The molecule has 0 fully saturated rings. The van der Waals surface area contributed by atoms with Gasteiger partial charge in [0.25, 0.3) is 0 Å². The number of ether oxygens (including phenoxy) is 1. The number of aliphatic hydroxyl groups is 1. The summed E-state index contributed by atoms with van der Waals surface area (Å²) in [6, 6.07) is 6.19. The van der Waals surface area contributed by atoms with Crippen LogP contribution in [-0.4, -0.2) is 37.4 Å². The zero-order valence-electron chi connectivity index (χ0n) is 11.3. The Hall–Kier alpha value is -0.910. The smallest absolute Gasteiger partial charge is 0.308 e. The number of esters is 1. The van der Waals surface area contributed by atoms with E-state index < -0.39 is 12.1 Å². The van der Waals surface area contributed by atoms with Crippen molar-refractivity contribution in [1.82, 2.24) is 5.32 Å². The van der Waals surface area contributed by atoms with Gasteiger partial charge in [0.05, 0.1) is 19.6 Å². The first-order chi connectivity index (χ1) is 9.02. The Morgan fingerprint density at radius 1 is 1.53 bits per heavy atom. The van der Waals surface area contributed by atoms with E-state index in [9.17, 15) is 9.90 Å². The van der Waals surface area contributed by atoms with Crippen molar-refractivity contribution in [2.75, 3.05) is 20.2 Å². The largest absolute Gasteiger partial charge is 0.469 e. The molecule has 0 saturated heterocycles. The second kappa shape index (κ2) is 8.30. The fourth-order valence-corrected chi connectivity index (χ4v) is 2.16. The van der Waals surface area contributed by atoms with Crippen molar-refractivity contribution in [1.29, 1.82) is 0 Å². The van der Waals surface area contributed by atoms with Crippen LogP contribution >= 0.6 is 15.9 Å². The van der Waals surface area contributed by atoms with Crippen LogP contribution in [0.15, 0.2) is 22.7 Å². The average Bonchev–Trinajstić information content (AvgIpc) is 2.38. The van der Waals surface area contributed by atoms with Crippen LogP contribution in [0.1, 0.15) is 17.5 Å². The van der Waals surface area contributed by atoms with Crippen molar-refractivity contribution in [2.24, 2.45) is 0 Å². The molecule has 1 rings (SSSR count). The number of carbonyl (C=O) groups excluding carboxylic acids is 1. The van der Waals surface area contributed by atoms with Crippen molar-refractivity contribution in [3.05, 3.63) is 33.8 Å². The third-order valence-corrected chi connectivity index (χ3v) is 3.39. The summed E-state index contributed by atoms with van der Waals surface area (Å²) < 4.78 is 5.56. The molecule has 1 unspecified atom stereocenters. The van der Waals surface area contributed by atoms with E-state index in [2.05, 4.69) is 45.0 Å². The topological polar surface area (TPSA) is 58.6 Å². The van der Waals surface area contributed by atoms with Crippen LogP contribution in [-0.2, 0) is 16.0 Å². The number of hydrogen-bond donors (Lipinski definition) is 2. The molecular formula is C14H20BrNO3. The molecule has 5 heteroatoms. The van der Waals surface area contributed by atoms with Gasteiger partial charge >= 0.3 is 5.97 Å². The first-order valence-electron chi connectivity index (χ1n) is 6.23. The van der Waals surface area contributed by atoms with Crippen molar-refractivity contribution >= 4 is 21.9 Å². The van der Waals surface area contributed by atoms with Gasteiger partial charge in [0.1, 0.15) is 0 Å². The number of nitrogens with one attached hydrogen (secondary N) is 1. The highest BCUT2D eigenvalue weighted by atomic mass is 79.9. The number of benzene rings is 1. The molecule has 2 N–H and O–H groups in total. The summed E-state index contributed by atoms with van der Waals surface area (Å²) in [5.74, 6) is -0.392. The fourth-order valence-electron chi connectivity index (χ4n) is 1.75. The Kier molecular flexibility index (Phi) is 7.05. The molecule has 0 radical (unpaired) electrons. The Balaban J connectivity index is 2.27. The summed E-state index contributed by atoms with van der Waals surface area (Å²) >= 11 is 3.45. The van der Waals surface area contributed by atoms with E-state index in [1.807, 2.05) is 6.07 Å². The quantitative estimate of drug-likeness (QED) is 0.591. The lowest BCUT2D eigenvalue weighted by Crippen LogP contribution is -2.30. The van der Waals surface area contributed by atoms with Crippen LogP contribution in [0.2, 0.25) is 0 Å². The molecule has 0 amide bonds. The van der Waals surface area contributed by atoms with Crippen LogP contribution in [0.4, 0.5) is 0 Å². The maximum Gasteiger partial charge on any atom is 0.308 e. The number of rotatable bonds is 7. The summed E-state index contributed by atoms with van der Waals surface area (Å²) in [6.45, 7) is 3.23. The lowest BCUT2D eigenvalue weighted by atomic mass is 10.1. The number of hydrogen-bond acceptors (Lipinski definition) is 4. The standard InChI is InChI=1S/C14H20BrNO3/c1-10-3-4-12(15)7-11(10)5-6-16-9-13(17)8-14(18)19-2/h3-4,7,13,16-17H,5-6,8-9H2,1-2H3. The van der Waals surface area contributed by atoms with Gasteiger partial charge in [-0.15, -0.1) is 0 Å². The minimum atomic E-state index is -0.698. The van der Waals surface area contributed by atoms with Gasteiger partial charge in [-0.2, -0.15) is 0 Å². The van der Waals surface area contributed by atoms with Gasteiger partial charge < -0.3 is 15.2 Å². The highest BCUT2D eigenvalue weighted by Crippen LogP contribution is 2.16. The monoisotopic (exact) mass is 329 g/mol. The van der Waals surface area contributed by atoms with Crippen LogP contribution in [0.3, 0.4) is 0 Å². The van der Waals surface area contributed by atoms with Crippen molar-refractivity contribution in [3.8, 4) is 0 Å². The molecule has 0 heterocycles. The molecule has 106 valence electrons. The van der Waals surface area contributed by atoms with Crippen molar-refractivity contribution < 1.29 is 14.6 Å². The van der Waals surface area contributed by atoms with Crippen LogP contribution in [0.5, 0.6) is 0 Å². The maximum atomic E-state index is 10.9.